The first kappa shape index (κ1) is 22.2. The predicted molar refractivity (Wildman–Crippen MR) is 123 cm³/mol. The second kappa shape index (κ2) is 8.51. The quantitative estimate of drug-likeness (QED) is 0.478. The van der Waals surface area contributed by atoms with E-state index in [4.69, 9.17) is 9.15 Å². The predicted octanol–water partition coefficient (Wildman–Crippen LogP) is 5.08. The van der Waals surface area contributed by atoms with Crippen molar-refractivity contribution >= 4 is 40.3 Å². The van der Waals surface area contributed by atoms with E-state index in [1.807, 2.05) is 31.2 Å². The molecule has 2 amide bonds. The summed E-state index contributed by atoms with van der Waals surface area (Å²) in [6.07, 6.45) is 3.63. The number of ether oxygens (including phenoxy) is 1. The second-order valence-corrected chi connectivity index (χ2v) is 9.73. The zero-order valence-electron chi connectivity index (χ0n) is 18.1. The summed E-state index contributed by atoms with van der Waals surface area (Å²) in [5, 5.41) is 10.5. The van der Waals surface area contributed by atoms with Gasteiger partial charge in [-0.1, -0.05) is 18.2 Å². The fourth-order valence-corrected chi connectivity index (χ4v) is 5.97. The highest BCUT2D eigenvalue weighted by Crippen LogP contribution is 2.52. The van der Waals surface area contributed by atoms with Gasteiger partial charge < -0.3 is 14.3 Å². The summed E-state index contributed by atoms with van der Waals surface area (Å²) in [4.78, 5) is 33.0. The Labute approximate surface area is 193 Å². The Kier molecular flexibility index (Phi) is 5.91. The van der Waals surface area contributed by atoms with E-state index in [1.165, 1.54) is 35.8 Å². The van der Waals surface area contributed by atoms with Crippen LogP contribution in [-0.4, -0.2) is 45.6 Å². The van der Waals surface area contributed by atoms with Crippen LogP contribution in [0.15, 0.2) is 46.0 Å². The number of fused-ring (bicyclic) bond motifs is 1. The van der Waals surface area contributed by atoms with E-state index in [9.17, 15) is 14.7 Å². The van der Waals surface area contributed by atoms with Crippen LogP contribution in [0.5, 0.6) is 5.75 Å². The fourth-order valence-electron chi connectivity index (χ4n) is 3.41. The summed E-state index contributed by atoms with van der Waals surface area (Å²) in [7, 11) is 1.61. The van der Waals surface area contributed by atoms with Gasteiger partial charge in [0.25, 0.3) is 0 Å². The molecule has 0 unspecified atom stereocenters. The lowest BCUT2D eigenvalue weighted by molar-refractivity contribution is -0.145. The van der Waals surface area contributed by atoms with Crippen molar-refractivity contribution in [3.8, 4) is 16.5 Å². The highest BCUT2D eigenvalue weighted by atomic mass is 32.2. The van der Waals surface area contributed by atoms with Crippen LogP contribution in [0.1, 0.15) is 25.0 Å². The number of nitrogens with zero attached hydrogens (tertiary/aromatic N) is 3. The van der Waals surface area contributed by atoms with Crippen LogP contribution in [-0.2, 0) is 11.2 Å². The molecule has 168 valence electrons. The molecule has 0 aliphatic carbocycles. The van der Waals surface area contributed by atoms with Gasteiger partial charge in [0.1, 0.15) is 22.6 Å². The van der Waals surface area contributed by atoms with Gasteiger partial charge >= 0.3 is 12.0 Å². The molecule has 0 saturated carbocycles. The van der Waals surface area contributed by atoms with Gasteiger partial charge in [-0.05, 0) is 56.3 Å². The molecule has 0 atom stereocenters. The third kappa shape index (κ3) is 3.73. The Bertz CT molecular complexity index is 1160. The molecule has 1 aromatic carbocycles. The molecule has 4 rings (SSSR count). The smallest absolute Gasteiger partial charge is 0.336 e. The Morgan fingerprint density at radius 2 is 2.06 bits per heavy atom. The maximum Gasteiger partial charge on any atom is 0.336 e. The number of amides is 2. The molecule has 1 N–H and O–H groups in total. The van der Waals surface area contributed by atoms with E-state index < -0.39 is 11.5 Å². The number of methoxy groups -OCH3 is 1. The van der Waals surface area contributed by atoms with Crippen molar-refractivity contribution in [1.82, 2.24) is 9.29 Å². The van der Waals surface area contributed by atoms with Crippen molar-refractivity contribution in [3.63, 3.8) is 0 Å². The Morgan fingerprint density at radius 1 is 1.31 bits per heavy atom. The van der Waals surface area contributed by atoms with Crippen molar-refractivity contribution in [3.05, 3.63) is 47.9 Å². The number of carbonyl (C=O) groups is 2. The van der Waals surface area contributed by atoms with Crippen molar-refractivity contribution < 1.29 is 23.8 Å². The maximum absolute atomic E-state index is 13.5. The highest BCUT2D eigenvalue weighted by molar-refractivity contribution is 7.98. The summed E-state index contributed by atoms with van der Waals surface area (Å²) < 4.78 is 12.3. The topological polar surface area (TPSA) is 96.1 Å². The molecule has 3 heterocycles. The summed E-state index contributed by atoms with van der Waals surface area (Å²) in [5.74, 6) is 0.146. The number of para-hydroxylation sites is 1. The van der Waals surface area contributed by atoms with E-state index in [-0.39, 0.29) is 6.03 Å². The number of carboxylic acids is 1. The van der Waals surface area contributed by atoms with Crippen LogP contribution in [0.4, 0.5) is 9.80 Å². The van der Waals surface area contributed by atoms with Crippen LogP contribution >= 0.6 is 23.3 Å². The third-order valence-electron chi connectivity index (χ3n) is 5.36. The van der Waals surface area contributed by atoms with E-state index >= 15 is 0 Å². The van der Waals surface area contributed by atoms with Crippen molar-refractivity contribution in [2.45, 2.75) is 37.6 Å². The molecule has 8 nitrogen and oxygen atoms in total. The average molecular weight is 474 g/mol. The fraction of sp³-hybridized carbons (Fsp3) is 0.318. The number of aliphatic carboxylic acids is 1. The lowest BCUT2D eigenvalue weighted by Crippen LogP contribution is -2.55. The van der Waals surface area contributed by atoms with Crippen LogP contribution in [0, 0.1) is 6.92 Å². The summed E-state index contributed by atoms with van der Waals surface area (Å²) in [6, 6.07) is 7.29. The molecule has 10 heteroatoms. The minimum atomic E-state index is -1.40. The minimum Gasteiger partial charge on any atom is -0.496 e. The lowest BCUT2D eigenvalue weighted by Gasteiger charge is -2.40. The largest absolute Gasteiger partial charge is 0.496 e. The molecule has 32 heavy (non-hydrogen) atoms. The molecule has 0 radical (unpaired) electrons. The number of hydrogen-bond acceptors (Lipinski definition) is 7. The van der Waals surface area contributed by atoms with Crippen molar-refractivity contribution in [1.29, 1.82) is 0 Å². The number of carbonyl (C=O) groups excluding carboxylic acids is 1. The number of thiophene rings is 1. The first-order valence-electron chi connectivity index (χ1n) is 9.94. The zero-order valence-corrected chi connectivity index (χ0v) is 19.7. The SMILES string of the molecule is COc1ccccc1CCN1C(=O)N(C(C)(C)C(=O)O)Sc2c1sc(-c1ncco1)c2C. The van der Waals surface area contributed by atoms with Gasteiger partial charge in [0.05, 0.1) is 23.1 Å². The molecule has 2 aromatic heterocycles. The molecule has 1 aliphatic rings. The van der Waals surface area contributed by atoms with Gasteiger partial charge in [0, 0.05) is 6.54 Å². The number of aromatic nitrogens is 1. The summed E-state index contributed by atoms with van der Waals surface area (Å²) in [5.41, 5.74) is 0.464. The van der Waals surface area contributed by atoms with Gasteiger partial charge in [-0.25, -0.2) is 18.9 Å². The molecular weight excluding hydrogens is 450 g/mol. The van der Waals surface area contributed by atoms with E-state index in [2.05, 4.69) is 4.98 Å². The molecule has 0 fully saturated rings. The van der Waals surface area contributed by atoms with Gasteiger partial charge in [-0.15, -0.1) is 11.3 Å². The lowest BCUT2D eigenvalue weighted by atomic mass is 10.1. The minimum absolute atomic E-state index is 0.365. The normalized spacial score (nSPS) is 13.9. The standard InChI is InChI=1S/C22H23N3O5S2/c1-13-16(18-23-10-12-30-18)31-19-17(13)32-25(22(2,3)20(26)27)21(28)24(19)11-9-14-7-5-6-8-15(14)29-4/h5-8,10,12H,9,11H2,1-4H3,(H,26,27). The van der Waals surface area contributed by atoms with E-state index in [0.29, 0.717) is 18.9 Å². The molecular formula is C22H23N3O5S2. The Morgan fingerprint density at radius 3 is 2.72 bits per heavy atom. The van der Waals surface area contributed by atoms with Gasteiger partial charge in [-0.2, -0.15) is 0 Å². The van der Waals surface area contributed by atoms with Crippen molar-refractivity contribution in [2.24, 2.45) is 0 Å². The number of benzene rings is 1. The monoisotopic (exact) mass is 473 g/mol. The number of urea groups is 1. The number of carboxylic acid groups (broad SMARTS) is 1. The van der Waals surface area contributed by atoms with Crippen molar-refractivity contribution in [2.75, 3.05) is 18.6 Å². The van der Waals surface area contributed by atoms with Gasteiger partial charge in [-0.3, -0.25) is 4.90 Å². The van der Waals surface area contributed by atoms with E-state index in [0.717, 1.165) is 43.6 Å². The van der Waals surface area contributed by atoms with Crippen LogP contribution in [0.3, 0.4) is 0 Å². The molecule has 0 saturated heterocycles. The van der Waals surface area contributed by atoms with Crippen LogP contribution < -0.4 is 9.64 Å². The Balaban J connectivity index is 1.76. The van der Waals surface area contributed by atoms with Gasteiger partial charge in [0.2, 0.25) is 5.89 Å². The molecule has 1 aliphatic heterocycles. The number of anilines is 1. The first-order chi connectivity index (χ1) is 15.3. The number of oxazole rings is 1. The second-order valence-electron chi connectivity index (χ2n) is 7.77. The Hall–Kier alpha value is -2.98. The molecule has 0 bridgehead atoms. The van der Waals surface area contributed by atoms with Crippen LogP contribution in [0.2, 0.25) is 0 Å². The maximum atomic E-state index is 13.5. The molecule has 3 aromatic rings. The average Bonchev–Trinajstić information content (AvgIpc) is 3.41. The van der Waals surface area contributed by atoms with Gasteiger partial charge in [0.15, 0.2) is 0 Å². The molecule has 0 spiro atoms. The first-order valence-corrected chi connectivity index (χ1v) is 11.5. The van der Waals surface area contributed by atoms with E-state index in [1.54, 1.807) is 18.2 Å². The van der Waals surface area contributed by atoms with Crippen LogP contribution in [0.25, 0.3) is 10.8 Å². The summed E-state index contributed by atoms with van der Waals surface area (Å²) >= 11 is 2.58. The third-order valence-corrected chi connectivity index (χ3v) is 8.27. The number of rotatable bonds is 7. The summed E-state index contributed by atoms with van der Waals surface area (Å²) in [6.45, 7) is 5.35. The zero-order chi connectivity index (χ0) is 23.0. The highest BCUT2D eigenvalue weighted by Gasteiger charge is 2.46. The number of hydrogen-bond donors (Lipinski definition) is 1.